The highest BCUT2D eigenvalue weighted by atomic mass is 35.5. The SMILES string of the molecule is CCC[C@@H](NC(=O)c1c(C)n(-c2ccccc2)c(=O)c2c(Cl)cccc12)c1cccc(F)c1. The predicted octanol–water partition coefficient (Wildman–Crippen LogP) is 6.36. The molecule has 4 rings (SSSR count). The molecular weight excluding hydrogens is 439 g/mol. The van der Waals surface area contributed by atoms with Gasteiger partial charge in [0.25, 0.3) is 11.5 Å². The fourth-order valence-corrected chi connectivity index (χ4v) is 4.52. The van der Waals surface area contributed by atoms with Crippen molar-refractivity contribution >= 4 is 28.3 Å². The van der Waals surface area contributed by atoms with Gasteiger partial charge in [-0.1, -0.05) is 67.4 Å². The number of halogens is 2. The molecule has 4 nitrogen and oxygen atoms in total. The number of hydrogen-bond donors (Lipinski definition) is 1. The highest BCUT2D eigenvalue weighted by Gasteiger charge is 2.24. The summed E-state index contributed by atoms with van der Waals surface area (Å²) in [5, 5.41) is 4.13. The number of fused-ring (bicyclic) bond motifs is 1. The van der Waals surface area contributed by atoms with Crippen LogP contribution in [0.1, 0.15) is 47.4 Å². The molecule has 1 amide bonds. The van der Waals surface area contributed by atoms with Crippen LogP contribution in [0.25, 0.3) is 16.5 Å². The molecule has 168 valence electrons. The quantitative estimate of drug-likeness (QED) is 0.362. The molecule has 0 bridgehead atoms. The first-order valence-corrected chi connectivity index (χ1v) is 11.3. The molecule has 0 fully saturated rings. The van der Waals surface area contributed by atoms with Gasteiger partial charge in [-0.3, -0.25) is 14.2 Å². The standard InChI is InChI=1S/C27H24ClFN2O2/c1-3-9-23(18-10-7-11-19(29)16-18)30-26(32)24-17(2)31(20-12-5-4-6-13-20)27(33)25-21(24)14-8-15-22(25)28/h4-8,10-16,23H,3,9H2,1-2H3,(H,30,32)/t23-/m1/s1. The molecule has 0 unspecified atom stereocenters. The topological polar surface area (TPSA) is 51.1 Å². The van der Waals surface area contributed by atoms with Crippen LogP contribution in [-0.4, -0.2) is 10.5 Å². The van der Waals surface area contributed by atoms with Gasteiger partial charge in [0.1, 0.15) is 5.82 Å². The minimum atomic E-state index is -0.371. The molecule has 0 saturated carbocycles. The van der Waals surface area contributed by atoms with Crippen LogP contribution < -0.4 is 10.9 Å². The Morgan fingerprint density at radius 3 is 2.48 bits per heavy atom. The normalized spacial score (nSPS) is 12.0. The average Bonchev–Trinajstić information content (AvgIpc) is 2.79. The molecule has 4 aromatic rings. The number of benzene rings is 3. The van der Waals surface area contributed by atoms with Gasteiger partial charge in [0.15, 0.2) is 0 Å². The largest absolute Gasteiger partial charge is 0.345 e. The minimum absolute atomic E-state index is 0.284. The first-order chi connectivity index (χ1) is 15.9. The molecule has 0 aliphatic rings. The third-order valence-corrected chi connectivity index (χ3v) is 6.09. The molecule has 0 spiro atoms. The van der Waals surface area contributed by atoms with Crippen LogP contribution in [0.4, 0.5) is 4.39 Å². The van der Waals surface area contributed by atoms with E-state index in [1.54, 1.807) is 37.3 Å². The van der Waals surface area contributed by atoms with E-state index in [2.05, 4.69) is 5.32 Å². The first-order valence-electron chi connectivity index (χ1n) is 10.9. The molecule has 0 saturated heterocycles. The van der Waals surface area contributed by atoms with Crippen molar-refractivity contribution in [3.63, 3.8) is 0 Å². The molecule has 1 atom stereocenters. The second kappa shape index (κ2) is 9.59. The van der Waals surface area contributed by atoms with Gasteiger partial charge in [0.2, 0.25) is 0 Å². The van der Waals surface area contributed by atoms with Crippen molar-refractivity contribution in [2.75, 3.05) is 0 Å². The Kier molecular flexibility index (Phi) is 6.61. The third-order valence-electron chi connectivity index (χ3n) is 5.77. The smallest absolute Gasteiger partial charge is 0.264 e. The summed E-state index contributed by atoms with van der Waals surface area (Å²) in [5.41, 5.74) is 1.93. The van der Waals surface area contributed by atoms with Gasteiger partial charge in [0.05, 0.1) is 22.0 Å². The van der Waals surface area contributed by atoms with E-state index in [0.29, 0.717) is 34.3 Å². The predicted molar refractivity (Wildman–Crippen MR) is 131 cm³/mol. The number of carbonyl (C=O) groups is 1. The lowest BCUT2D eigenvalue weighted by atomic mass is 9.99. The second-order valence-corrected chi connectivity index (χ2v) is 8.38. The summed E-state index contributed by atoms with van der Waals surface area (Å²) in [7, 11) is 0. The summed E-state index contributed by atoms with van der Waals surface area (Å²) in [6, 6.07) is 20.1. The first kappa shape index (κ1) is 22.7. The van der Waals surface area contributed by atoms with Crippen molar-refractivity contribution in [2.45, 2.75) is 32.7 Å². The van der Waals surface area contributed by atoms with Crippen LogP contribution in [0.5, 0.6) is 0 Å². The van der Waals surface area contributed by atoms with Crippen molar-refractivity contribution in [1.82, 2.24) is 9.88 Å². The zero-order chi connectivity index (χ0) is 23.5. The highest BCUT2D eigenvalue weighted by molar-refractivity contribution is 6.36. The van der Waals surface area contributed by atoms with Crippen molar-refractivity contribution in [3.8, 4) is 5.69 Å². The van der Waals surface area contributed by atoms with Gasteiger partial charge in [-0.2, -0.15) is 0 Å². The number of hydrogen-bond acceptors (Lipinski definition) is 2. The third kappa shape index (κ3) is 4.41. The maximum Gasteiger partial charge on any atom is 0.264 e. The van der Waals surface area contributed by atoms with Gasteiger partial charge in [-0.05, 0) is 49.2 Å². The Bertz CT molecular complexity index is 1380. The zero-order valence-electron chi connectivity index (χ0n) is 18.4. The molecule has 1 aromatic heterocycles. The van der Waals surface area contributed by atoms with Crippen LogP contribution in [-0.2, 0) is 0 Å². The van der Waals surface area contributed by atoms with Crippen molar-refractivity contribution in [2.24, 2.45) is 0 Å². The summed E-state index contributed by atoms with van der Waals surface area (Å²) in [6.07, 6.45) is 1.45. The Morgan fingerprint density at radius 2 is 1.79 bits per heavy atom. The van der Waals surface area contributed by atoms with Crippen molar-refractivity contribution in [1.29, 1.82) is 0 Å². The van der Waals surface area contributed by atoms with Crippen LogP contribution in [0, 0.1) is 12.7 Å². The van der Waals surface area contributed by atoms with Crippen LogP contribution in [0.2, 0.25) is 5.02 Å². The number of aromatic nitrogens is 1. The molecular formula is C27H24ClFN2O2. The Morgan fingerprint density at radius 1 is 1.06 bits per heavy atom. The van der Waals surface area contributed by atoms with E-state index in [4.69, 9.17) is 11.6 Å². The maximum absolute atomic E-state index is 13.9. The summed E-state index contributed by atoms with van der Waals surface area (Å²) in [5.74, 6) is -0.693. The van der Waals surface area contributed by atoms with E-state index in [0.717, 1.165) is 6.42 Å². The Hall–Kier alpha value is -3.44. The molecule has 1 N–H and O–H groups in total. The average molecular weight is 463 g/mol. The minimum Gasteiger partial charge on any atom is -0.345 e. The van der Waals surface area contributed by atoms with Crippen LogP contribution >= 0.6 is 11.6 Å². The van der Waals surface area contributed by atoms with E-state index in [1.165, 1.54) is 16.7 Å². The molecule has 1 heterocycles. The molecule has 33 heavy (non-hydrogen) atoms. The summed E-state index contributed by atoms with van der Waals surface area (Å²) < 4.78 is 15.4. The van der Waals surface area contributed by atoms with E-state index >= 15 is 0 Å². The molecule has 0 aliphatic carbocycles. The van der Waals surface area contributed by atoms with Gasteiger partial charge >= 0.3 is 0 Å². The van der Waals surface area contributed by atoms with Gasteiger partial charge in [0, 0.05) is 16.8 Å². The van der Waals surface area contributed by atoms with Crippen molar-refractivity contribution in [3.05, 3.63) is 111 Å². The lowest BCUT2D eigenvalue weighted by molar-refractivity contribution is 0.0934. The monoisotopic (exact) mass is 462 g/mol. The fourth-order valence-electron chi connectivity index (χ4n) is 4.26. The molecule has 0 aliphatic heterocycles. The molecule has 0 radical (unpaired) electrons. The van der Waals surface area contributed by atoms with Gasteiger partial charge in [-0.25, -0.2) is 4.39 Å². The number of pyridine rings is 1. The molecule has 6 heteroatoms. The van der Waals surface area contributed by atoms with Gasteiger partial charge in [-0.15, -0.1) is 0 Å². The second-order valence-electron chi connectivity index (χ2n) is 7.97. The van der Waals surface area contributed by atoms with Gasteiger partial charge < -0.3 is 5.32 Å². The summed E-state index contributed by atoms with van der Waals surface area (Å²) >= 11 is 6.43. The number of nitrogens with zero attached hydrogens (tertiary/aromatic N) is 1. The van der Waals surface area contributed by atoms with Crippen molar-refractivity contribution < 1.29 is 9.18 Å². The van der Waals surface area contributed by atoms with E-state index < -0.39 is 0 Å². The Balaban J connectivity index is 1.90. The number of nitrogens with one attached hydrogen (secondary N) is 1. The number of para-hydroxylation sites is 1. The maximum atomic E-state index is 13.9. The summed E-state index contributed by atoms with van der Waals surface area (Å²) in [6.45, 7) is 3.76. The summed E-state index contributed by atoms with van der Waals surface area (Å²) in [4.78, 5) is 27.1. The van der Waals surface area contributed by atoms with E-state index in [9.17, 15) is 14.0 Å². The van der Waals surface area contributed by atoms with E-state index in [-0.39, 0.29) is 33.7 Å². The number of carbonyl (C=O) groups excluding carboxylic acids is 1. The lowest BCUT2D eigenvalue weighted by Gasteiger charge is -2.22. The highest BCUT2D eigenvalue weighted by Crippen LogP contribution is 2.28. The number of rotatable bonds is 6. The number of amides is 1. The van der Waals surface area contributed by atoms with Crippen LogP contribution in [0.3, 0.4) is 0 Å². The molecule has 3 aromatic carbocycles. The lowest BCUT2D eigenvalue weighted by Crippen LogP contribution is -2.32. The zero-order valence-corrected chi connectivity index (χ0v) is 19.2. The van der Waals surface area contributed by atoms with Crippen LogP contribution in [0.15, 0.2) is 77.6 Å². The fraction of sp³-hybridized carbons (Fsp3) is 0.185. The van der Waals surface area contributed by atoms with E-state index in [1.807, 2.05) is 37.3 Å². The Labute approximate surface area is 196 Å².